The molecular formula is C13H20N2O3. The highest BCUT2D eigenvalue weighted by Gasteiger charge is 2.06. The van der Waals surface area contributed by atoms with E-state index in [9.17, 15) is 4.79 Å². The van der Waals surface area contributed by atoms with Crippen molar-refractivity contribution in [2.45, 2.75) is 26.4 Å². The Morgan fingerprint density at radius 3 is 2.83 bits per heavy atom. The van der Waals surface area contributed by atoms with Crippen molar-refractivity contribution in [2.75, 3.05) is 13.7 Å². The lowest BCUT2D eigenvalue weighted by Crippen LogP contribution is -2.41. The summed E-state index contributed by atoms with van der Waals surface area (Å²) in [6, 6.07) is 5.23. The summed E-state index contributed by atoms with van der Waals surface area (Å²) in [4.78, 5) is 11.4. The van der Waals surface area contributed by atoms with Gasteiger partial charge in [-0.1, -0.05) is 12.1 Å². The second-order valence-corrected chi connectivity index (χ2v) is 4.21. The fraction of sp³-hybridized carbons (Fsp3) is 0.462. The van der Waals surface area contributed by atoms with Crippen molar-refractivity contribution in [2.24, 2.45) is 0 Å². The summed E-state index contributed by atoms with van der Waals surface area (Å²) < 4.78 is 5.21. The van der Waals surface area contributed by atoms with Crippen LogP contribution < -0.4 is 15.4 Å². The number of benzene rings is 1. The highest BCUT2D eigenvalue weighted by atomic mass is 16.5. The number of aliphatic hydroxyl groups excluding tert-OH is 1. The van der Waals surface area contributed by atoms with Crippen molar-refractivity contribution in [1.82, 2.24) is 10.6 Å². The van der Waals surface area contributed by atoms with Crippen LogP contribution in [-0.4, -0.2) is 30.9 Å². The van der Waals surface area contributed by atoms with Crippen molar-refractivity contribution in [3.8, 4) is 5.75 Å². The second kappa shape index (κ2) is 6.86. The van der Waals surface area contributed by atoms with Crippen molar-refractivity contribution in [3.05, 3.63) is 29.3 Å². The SMILES string of the molecule is COc1cc(CNC(=O)N[C@@H](C)CO)ccc1C. The van der Waals surface area contributed by atoms with E-state index in [0.29, 0.717) is 6.54 Å². The molecular weight excluding hydrogens is 232 g/mol. The summed E-state index contributed by atoms with van der Waals surface area (Å²) >= 11 is 0. The molecule has 0 saturated heterocycles. The van der Waals surface area contributed by atoms with E-state index in [0.717, 1.165) is 16.9 Å². The molecule has 100 valence electrons. The molecule has 5 heteroatoms. The van der Waals surface area contributed by atoms with Gasteiger partial charge in [0, 0.05) is 6.54 Å². The van der Waals surface area contributed by atoms with Crippen LogP contribution in [0.15, 0.2) is 18.2 Å². The van der Waals surface area contributed by atoms with Crippen LogP contribution >= 0.6 is 0 Å². The maximum Gasteiger partial charge on any atom is 0.315 e. The van der Waals surface area contributed by atoms with Crippen LogP contribution in [0.2, 0.25) is 0 Å². The molecule has 0 bridgehead atoms. The molecule has 0 saturated carbocycles. The lowest BCUT2D eigenvalue weighted by atomic mass is 10.1. The topological polar surface area (TPSA) is 70.6 Å². The molecule has 0 heterocycles. The van der Waals surface area contributed by atoms with E-state index in [-0.39, 0.29) is 18.7 Å². The van der Waals surface area contributed by atoms with E-state index >= 15 is 0 Å². The van der Waals surface area contributed by atoms with Gasteiger partial charge in [-0.15, -0.1) is 0 Å². The lowest BCUT2D eigenvalue weighted by molar-refractivity contribution is 0.220. The fourth-order valence-corrected chi connectivity index (χ4v) is 1.48. The monoisotopic (exact) mass is 252 g/mol. The van der Waals surface area contributed by atoms with E-state index in [4.69, 9.17) is 9.84 Å². The maximum atomic E-state index is 11.4. The van der Waals surface area contributed by atoms with E-state index in [1.165, 1.54) is 0 Å². The third-order valence-electron chi connectivity index (χ3n) is 2.58. The molecule has 0 aliphatic rings. The smallest absolute Gasteiger partial charge is 0.315 e. The standard InChI is InChI=1S/C13H20N2O3/c1-9-4-5-11(6-12(9)18-3)7-14-13(17)15-10(2)8-16/h4-6,10,16H,7-8H2,1-3H3,(H2,14,15,17)/t10-/m0/s1. The number of nitrogens with one attached hydrogen (secondary N) is 2. The van der Waals surface area contributed by atoms with Gasteiger partial charge in [0.1, 0.15) is 5.75 Å². The minimum Gasteiger partial charge on any atom is -0.496 e. The molecule has 1 rings (SSSR count). The van der Waals surface area contributed by atoms with E-state index in [1.54, 1.807) is 14.0 Å². The van der Waals surface area contributed by atoms with Crippen molar-refractivity contribution in [3.63, 3.8) is 0 Å². The number of hydrogen-bond donors (Lipinski definition) is 3. The van der Waals surface area contributed by atoms with Crippen LogP contribution in [0, 0.1) is 6.92 Å². The number of urea groups is 1. The first kappa shape index (κ1) is 14.3. The van der Waals surface area contributed by atoms with E-state index in [1.807, 2.05) is 25.1 Å². The Labute approximate surface area is 107 Å². The molecule has 0 radical (unpaired) electrons. The first-order valence-corrected chi connectivity index (χ1v) is 5.85. The van der Waals surface area contributed by atoms with Crippen LogP contribution in [0.25, 0.3) is 0 Å². The number of aliphatic hydroxyl groups is 1. The highest BCUT2D eigenvalue weighted by Crippen LogP contribution is 2.18. The number of ether oxygens (including phenoxy) is 1. The third kappa shape index (κ3) is 4.25. The molecule has 1 aromatic carbocycles. The molecule has 0 aliphatic carbocycles. The first-order valence-electron chi connectivity index (χ1n) is 5.85. The summed E-state index contributed by atoms with van der Waals surface area (Å²) in [5.74, 6) is 0.804. The minimum absolute atomic E-state index is 0.0776. The molecule has 0 unspecified atom stereocenters. The van der Waals surface area contributed by atoms with Crippen molar-refractivity contribution >= 4 is 6.03 Å². The predicted molar refractivity (Wildman–Crippen MR) is 69.7 cm³/mol. The first-order chi connectivity index (χ1) is 8.56. The predicted octanol–water partition coefficient (Wildman–Crippen LogP) is 1.18. The normalized spacial score (nSPS) is 11.8. The molecule has 5 nitrogen and oxygen atoms in total. The summed E-state index contributed by atoms with van der Waals surface area (Å²) in [6.45, 7) is 4.03. The number of carbonyl (C=O) groups excluding carboxylic acids is 1. The van der Waals surface area contributed by atoms with Gasteiger partial charge in [-0.3, -0.25) is 0 Å². The largest absolute Gasteiger partial charge is 0.496 e. The van der Waals surface area contributed by atoms with Crippen molar-refractivity contribution in [1.29, 1.82) is 0 Å². The number of aryl methyl sites for hydroxylation is 1. The Morgan fingerprint density at radius 1 is 1.50 bits per heavy atom. The summed E-state index contributed by atoms with van der Waals surface area (Å²) in [6.07, 6.45) is 0. The van der Waals surface area contributed by atoms with Gasteiger partial charge in [0.15, 0.2) is 0 Å². The van der Waals surface area contributed by atoms with E-state index < -0.39 is 0 Å². The molecule has 1 atom stereocenters. The molecule has 18 heavy (non-hydrogen) atoms. The third-order valence-corrected chi connectivity index (χ3v) is 2.58. The van der Waals surface area contributed by atoms with Crippen LogP contribution in [0.1, 0.15) is 18.1 Å². The molecule has 0 aromatic heterocycles. The zero-order valence-electron chi connectivity index (χ0n) is 11.0. The van der Waals surface area contributed by atoms with Gasteiger partial charge in [0.25, 0.3) is 0 Å². The Morgan fingerprint density at radius 2 is 2.22 bits per heavy atom. The number of rotatable bonds is 5. The molecule has 0 aliphatic heterocycles. The molecule has 0 spiro atoms. The summed E-state index contributed by atoms with van der Waals surface area (Å²) in [5.41, 5.74) is 2.02. The lowest BCUT2D eigenvalue weighted by Gasteiger charge is -2.12. The van der Waals surface area contributed by atoms with Gasteiger partial charge >= 0.3 is 6.03 Å². The van der Waals surface area contributed by atoms with Crippen LogP contribution in [-0.2, 0) is 6.54 Å². The fourth-order valence-electron chi connectivity index (χ4n) is 1.48. The minimum atomic E-state index is -0.295. The number of carbonyl (C=O) groups is 1. The van der Waals surface area contributed by atoms with Gasteiger partial charge in [-0.2, -0.15) is 0 Å². The highest BCUT2D eigenvalue weighted by molar-refractivity contribution is 5.74. The second-order valence-electron chi connectivity index (χ2n) is 4.21. The zero-order chi connectivity index (χ0) is 13.5. The van der Waals surface area contributed by atoms with Gasteiger partial charge in [0.2, 0.25) is 0 Å². The van der Waals surface area contributed by atoms with Crippen LogP contribution in [0.4, 0.5) is 4.79 Å². The number of methoxy groups -OCH3 is 1. The average Bonchev–Trinajstić information content (AvgIpc) is 2.37. The molecule has 1 aromatic rings. The van der Waals surface area contributed by atoms with Gasteiger partial charge < -0.3 is 20.5 Å². The molecule has 0 fully saturated rings. The Bertz CT molecular complexity index is 407. The number of amides is 2. The van der Waals surface area contributed by atoms with Crippen LogP contribution in [0.5, 0.6) is 5.75 Å². The van der Waals surface area contributed by atoms with Crippen molar-refractivity contribution < 1.29 is 14.6 Å². The maximum absolute atomic E-state index is 11.4. The Kier molecular flexibility index (Phi) is 5.45. The van der Waals surface area contributed by atoms with Gasteiger partial charge in [-0.05, 0) is 31.0 Å². The quantitative estimate of drug-likeness (QED) is 0.737. The molecule has 2 amide bonds. The Hall–Kier alpha value is -1.75. The average molecular weight is 252 g/mol. The van der Waals surface area contributed by atoms with E-state index in [2.05, 4.69) is 10.6 Å². The number of hydrogen-bond acceptors (Lipinski definition) is 3. The molecule has 3 N–H and O–H groups in total. The van der Waals surface area contributed by atoms with Crippen LogP contribution in [0.3, 0.4) is 0 Å². The zero-order valence-corrected chi connectivity index (χ0v) is 11.0. The summed E-state index contributed by atoms with van der Waals surface area (Å²) in [7, 11) is 1.62. The Balaban J connectivity index is 2.51. The van der Waals surface area contributed by atoms with Gasteiger partial charge in [0.05, 0.1) is 19.8 Å². The summed E-state index contributed by atoms with van der Waals surface area (Å²) in [5, 5.41) is 14.1. The van der Waals surface area contributed by atoms with Gasteiger partial charge in [-0.25, -0.2) is 4.79 Å².